The molecule has 1 fully saturated rings. The maximum atomic E-state index is 11.7. The Morgan fingerprint density at radius 2 is 2.28 bits per heavy atom. The van der Waals surface area contributed by atoms with E-state index >= 15 is 0 Å². The highest BCUT2D eigenvalue weighted by molar-refractivity contribution is 5.90. The summed E-state index contributed by atoms with van der Waals surface area (Å²) in [7, 11) is 3.85. The number of rotatable bonds is 7. The molecule has 2 N–H and O–H groups in total. The zero-order valence-corrected chi connectivity index (χ0v) is 15.5. The standard InChI is InChI=1S/C19H30N4O2/c1-4-6-18(24)22-17-8-5-7-15(11-17)12-21-19(20-2)23(3)13-16-9-10-25-14-16/h5,7-8,11,16H,4,6,9-10,12-14H2,1-3H3,(H,20,21)(H,22,24). The maximum Gasteiger partial charge on any atom is 0.224 e. The minimum Gasteiger partial charge on any atom is -0.381 e. The Balaban J connectivity index is 1.86. The van der Waals surface area contributed by atoms with Gasteiger partial charge in [0, 0.05) is 51.8 Å². The third-order valence-corrected chi connectivity index (χ3v) is 4.27. The van der Waals surface area contributed by atoms with Crippen LogP contribution in [0.4, 0.5) is 5.69 Å². The van der Waals surface area contributed by atoms with Gasteiger partial charge in [-0.25, -0.2) is 0 Å². The first-order chi connectivity index (χ1) is 12.1. The van der Waals surface area contributed by atoms with Crippen LogP contribution in [-0.4, -0.2) is 50.6 Å². The Labute approximate surface area is 150 Å². The summed E-state index contributed by atoms with van der Waals surface area (Å²) in [4.78, 5) is 18.2. The van der Waals surface area contributed by atoms with Gasteiger partial charge in [-0.2, -0.15) is 0 Å². The molecule has 1 saturated heterocycles. The van der Waals surface area contributed by atoms with Crippen LogP contribution in [0.2, 0.25) is 0 Å². The van der Waals surface area contributed by atoms with E-state index in [2.05, 4.69) is 27.6 Å². The van der Waals surface area contributed by atoms with Crippen molar-refractivity contribution in [1.29, 1.82) is 0 Å². The van der Waals surface area contributed by atoms with E-state index < -0.39 is 0 Å². The van der Waals surface area contributed by atoms with Gasteiger partial charge in [-0.3, -0.25) is 9.79 Å². The summed E-state index contributed by atoms with van der Waals surface area (Å²) >= 11 is 0. The van der Waals surface area contributed by atoms with Crippen LogP contribution in [0, 0.1) is 5.92 Å². The number of carbonyl (C=O) groups excluding carboxylic acids is 1. The molecule has 0 aliphatic carbocycles. The van der Waals surface area contributed by atoms with Gasteiger partial charge < -0.3 is 20.3 Å². The molecule has 0 bridgehead atoms. The van der Waals surface area contributed by atoms with E-state index in [1.54, 1.807) is 7.05 Å². The summed E-state index contributed by atoms with van der Waals surface area (Å²) in [5.74, 6) is 1.50. The third-order valence-electron chi connectivity index (χ3n) is 4.27. The van der Waals surface area contributed by atoms with Crippen molar-refractivity contribution in [3.8, 4) is 0 Å². The second-order valence-electron chi connectivity index (χ2n) is 6.51. The van der Waals surface area contributed by atoms with E-state index in [0.29, 0.717) is 18.9 Å². The molecule has 25 heavy (non-hydrogen) atoms. The predicted molar refractivity (Wildman–Crippen MR) is 102 cm³/mol. The fourth-order valence-electron chi connectivity index (χ4n) is 2.98. The molecule has 1 amide bonds. The Morgan fingerprint density at radius 3 is 2.96 bits per heavy atom. The van der Waals surface area contributed by atoms with E-state index in [4.69, 9.17) is 4.74 Å². The quantitative estimate of drug-likeness (QED) is 0.588. The van der Waals surface area contributed by atoms with Crippen LogP contribution in [-0.2, 0) is 16.1 Å². The molecule has 1 aromatic rings. The van der Waals surface area contributed by atoms with Crippen molar-refractivity contribution in [3.05, 3.63) is 29.8 Å². The number of ether oxygens (including phenoxy) is 1. The van der Waals surface area contributed by atoms with E-state index in [1.165, 1.54) is 0 Å². The van der Waals surface area contributed by atoms with Gasteiger partial charge in [-0.15, -0.1) is 0 Å². The number of hydrogen-bond acceptors (Lipinski definition) is 3. The number of aliphatic imine (C=N–C) groups is 1. The second kappa shape index (κ2) is 10.0. The highest BCUT2D eigenvalue weighted by atomic mass is 16.5. The van der Waals surface area contributed by atoms with Gasteiger partial charge in [0.05, 0.1) is 6.61 Å². The number of amides is 1. The second-order valence-corrected chi connectivity index (χ2v) is 6.51. The Kier molecular flexibility index (Phi) is 7.73. The van der Waals surface area contributed by atoms with Gasteiger partial charge in [0.1, 0.15) is 0 Å². The molecule has 1 atom stereocenters. The highest BCUT2D eigenvalue weighted by Gasteiger charge is 2.19. The lowest BCUT2D eigenvalue weighted by atomic mass is 10.1. The van der Waals surface area contributed by atoms with Crippen LogP contribution < -0.4 is 10.6 Å². The predicted octanol–water partition coefficient (Wildman–Crippen LogP) is 2.47. The minimum atomic E-state index is 0.0573. The molecule has 138 valence electrons. The van der Waals surface area contributed by atoms with Gasteiger partial charge in [0.2, 0.25) is 5.91 Å². The number of guanidine groups is 1. The van der Waals surface area contributed by atoms with Crippen molar-refractivity contribution < 1.29 is 9.53 Å². The minimum absolute atomic E-state index is 0.0573. The molecule has 0 radical (unpaired) electrons. The smallest absolute Gasteiger partial charge is 0.224 e. The molecule has 6 nitrogen and oxygen atoms in total. The monoisotopic (exact) mass is 346 g/mol. The number of nitrogens with one attached hydrogen (secondary N) is 2. The molecule has 1 aliphatic rings. The molecule has 1 aliphatic heterocycles. The molecule has 1 aromatic carbocycles. The van der Waals surface area contributed by atoms with Gasteiger partial charge in [0.25, 0.3) is 0 Å². The van der Waals surface area contributed by atoms with Crippen molar-refractivity contribution in [2.24, 2.45) is 10.9 Å². The van der Waals surface area contributed by atoms with Crippen molar-refractivity contribution in [1.82, 2.24) is 10.2 Å². The van der Waals surface area contributed by atoms with Gasteiger partial charge in [0.15, 0.2) is 5.96 Å². The Hall–Kier alpha value is -2.08. The number of anilines is 1. The fourth-order valence-corrected chi connectivity index (χ4v) is 2.98. The summed E-state index contributed by atoms with van der Waals surface area (Å²) in [5.41, 5.74) is 1.94. The highest BCUT2D eigenvalue weighted by Crippen LogP contribution is 2.14. The first kappa shape index (κ1) is 19.2. The molecule has 6 heteroatoms. The number of nitrogens with zero attached hydrogens (tertiary/aromatic N) is 2. The summed E-state index contributed by atoms with van der Waals surface area (Å²) in [5, 5.41) is 6.32. The van der Waals surface area contributed by atoms with E-state index in [-0.39, 0.29) is 5.91 Å². The van der Waals surface area contributed by atoms with Gasteiger partial charge >= 0.3 is 0 Å². The van der Waals surface area contributed by atoms with Crippen molar-refractivity contribution in [3.63, 3.8) is 0 Å². The van der Waals surface area contributed by atoms with Crippen LogP contribution in [0.1, 0.15) is 31.7 Å². The molecular formula is C19H30N4O2. The Morgan fingerprint density at radius 1 is 1.44 bits per heavy atom. The maximum absolute atomic E-state index is 11.7. The molecule has 2 rings (SSSR count). The van der Waals surface area contributed by atoms with E-state index in [0.717, 1.165) is 49.8 Å². The van der Waals surface area contributed by atoms with Gasteiger partial charge in [-0.1, -0.05) is 19.1 Å². The largest absolute Gasteiger partial charge is 0.381 e. The number of benzene rings is 1. The average Bonchev–Trinajstić information content (AvgIpc) is 3.09. The Bertz CT molecular complexity index is 583. The summed E-state index contributed by atoms with van der Waals surface area (Å²) in [6, 6.07) is 7.91. The van der Waals surface area contributed by atoms with Crippen LogP contribution in [0.25, 0.3) is 0 Å². The summed E-state index contributed by atoms with van der Waals surface area (Å²) < 4.78 is 5.44. The zero-order chi connectivity index (χ0) is 18.1. The topological polar surface area (TPSA) is 66.0 Å². The zero-order valence-electron chi connectivity index (χ0n) is 15.5. The lowest BCUT2D eigenvalue weighted by molar-refractivity contribution is -0.116. The average molecular weight is 346 g/mol. The first-order valence-corrected chi connectivity index (χ1v) is 9.00. The third kappa shape index (κ3) is 6.38. The van der Waals surface area contributed by atoms with Crippen molar-refractivity contribution in [2.45, 2.75) is 32.7 Å². The molecule has 1 heterocycles. The van der Waals surface area contributed by atoms with E-state index in [1.807, 2.05) is 31.2 Å². The normalized spacial score (nSPS) is 17.4. The summed E-state index contributed by atoms with van der Waals surface area (Å²) in [6.07, 6.45) is 2.51. The number of carbonyl (C=O) groups is 1. The lowest BCUT2D eigenvalue weighted by Crippen LogP contribution is -2.41. The fraction of sp³-hybridized carbons (Fsp3) is 0.579. The summed E-state index contributed by atoms with van der Waals surface area (Å²) in [6.45, 7) is 5.30. The van der Waals surface area contributed by atoms with E-state index in [9.17, 15) is 4.79 Å². The van der Waals surface area contributed by atoms with Crippen LogP contribution in [0.5, 0.6) is 0 Å². The van der Waals surface area contributed by atoms with Crippen molar-refractivity contribution >= 4 is 17.6 Å². The molecule has 0 aromatic heterocycles. The van der Waals surface area contributed by atoms with Crippen LogP contribution in [0.3, 0.4) is 0 Å². The molecule has 0 spiro atoms. The van der Waals surface area contributed by atoms with Crippen molar-refractivity contribution in [2.75, 3.05) is 39.2 Å². The van der Waals surface area contributed by atoms with Crippen LogP contribution >= 0.6 is 0 Å². The van der Waals surface area contributed by atoms with Crippen LogP contribution in [0.15, 0.2) is 29.3 Å². The SMILES string of the molecule is CCCC(=O)Nc1cccc(CNC(=NC)N(C)CC2CCOC2)c1. The van der Waals surface area contributed by atoms with Gasteiger partial charge in [-0.05, 0) is 30.5 Å². The number of hydrogen-bond donors (Lipinski definition) is 2. The molecular weight excluding hydrogens is 316 g/mol. The lowest BCUT2D eigenvalue weighted by Gasteiger charge is -2.24. The molecule has 0 saturated carbocycles. The molecule has 1 unspecified atom stereocenters. The first-order valence-electron chi connectivity index (χ1n) is 9.00.